The van der Waals surface area contributed by atoms with Gasteiger partial charge in [-0.15, -0.1) is 11.3 Å². The van der Waals surface area contributed by atoms with Gasteiger partial charge in [-0.2, -0.15) is 0 Å². The van der Waals surface area contributed by atoms with Crippen LogP contribution in [-0.2, 0) is 37.1 Å². The fraction of sp³-hybridized carbons (Fsp3) is 0.346. The van der Waals surface area contributed by atoms with Gasteiger partial charge in [0.2, 0.25) is 5.91 Å². The third kappa shape index (κ3) is 4.83. The maximum atomic E-state index is 13.7. The highest BCUT2D eigenvalue weighted by Crippen LogP contribution is 2.34. The van der Waals surface area contributed by atoms with Gasteiger partial charge in [0.05, 0.1) is 23.9 Å². The lowest BCUT2D eigenvalue weighted by Crippen LogP contribution is -2.29. The SMILES string of the molecule is CN(Cc1ccco1)C(=O)CSc1nc2sc3c(c2c(=O)n1CCc1ccccc1)CCCC3. The van der Waals surface area contributed by atoms with E-state index in [9.17, 15) is 9.59 Å². The topological polar surface area (TPSA) is 68.3 Å². The molecule has 0 aliphatic heterocycles. The summed E-state index contributed by atoms with van der Waals surface area (Å²) in [5, 5.41) is 1.41. The van der Waals surface area contributed by atoms with Gasteiger partial charge >= 0.3 is 0 Å². The summed E-state index contributed by atoms with van der Waals surface area (Å²) in [7, 11) is 1.76. The number of benzene rings is 1. The van der Waals surface area contributed by atoms with Crippen LogP contribution in [0.5, 0.6) is 0 Å². The second-order valence-corrected chi connectivity index (χ2v) is 10.6. The Morgan fingerprint density at radius 3 is 2.79 bits per heavy atom. The molecule has 6 nitrogen and oxygen atoms in total. The minimum atomic E-state index is -0.0316. The zero-order chi connectivity index (χ0) is 23.5. The molecule has 0 saturated carbocycles. The van der Waals surface area contributed by atoms with Crippen LogP contribution in [0, 0.1) is 0 Å². The van der Waals surface area contributed by atoms with Crippen molar-refractivity contribution in [3.05, 3.63) is 80.8 Å². The number of thiophene rings is 1. The van der Waals surface area contributed by atoms with Gasteiger partial charge in [-0.05, 0) is 55.4 Å². The van der Waals surface area contributed by atoms with Crippen molar-refractivity contribution in [2.24, 2.45) is 0 Å². The van der Waals surface area contributed by atoms with Crippen LogP contribution in [0.2, 0.25) is 0 Å². The lowest BCUT2D eigenvalue weighted by Gasteiger charge is -2.17. The van der Waals surface area contributed by atoms with Gasteiger partial charge in [0.1, 0.15) is 10.6 Å². The lowest BCUT2D eigenvalue weighted by atomic mass is 9.97. The van der Waals surface area contributed by atoms with Crippen LogP contribution < -0.4 is 5.56 Å². The van der Waals surface area contributed by atoms with Crippen LogP contribution in [-0.4, -0.2) is 33.2 Å². The van der Waals surface area contributed by atoms with E-state index in [4.69, 9.17) is 9.40 Å². The van der Waals surface area contributed by atoms with Crippen LogP contribution in [0.25, 0.3) is 10.2 Å². The molecule has 4 aromatic rings. The molecule has 0 unspecified atom stereocenters. The van der Waals surface area contributed by atoms with E-state index >= 15 is 0 Å². The molecular formula is C26H27N3O3S2. The summed E-state index contributed by atoms with van der Waals surface area (Å²) < 4.78 is 7.14. The van der Waals surface area contributed by atoms with Crippen molar-refractivity contribution in [2.45, 2.75) is 50.4 Å². The van der Waals surface area contributed by atoms with Gasteiger partial charge in [0, 0.05) is 18.5 Å². The Hall–Kier alpha value is -2.84. The molecule has 8 heteroatoms. The Kier molecular flexibility index (Phi) is 6.87. The number of fused-ring (bicyclic) bond motifs is 3. The van der Waals surface area contributed by atoms with Crippen LogP contribution in [0.15, 0.2) is 63.1 Å². The average molecular weight is 494 g/mol. The molecule has 0 bridgehead atoms. The highest BCUT2D eigenvalue weighted by molar-refractivity contribution is 7.99. The van der Waals surface area contributed by atoms with Crippen LogP contribution in [0.3, 0.4) is 0 Å². The normalized spacial score (nSPS) is 13.2. The molecule has 1 aliphatic carbocycles. The molecule has 34 heavy (non-hydrogen) atoms. The highest BCUT2D eigenvalue weighted by Gasteiger charge is 2.23. The molecule has 0 fully saturated rings. The Balaban J connectivity index is 1.42. The number of nitrogens with zero attached hydrogens (tertiary/aromatic N) is 3. The molecular weight excluding hydrogens is 466 g/mol. The number of carbonyl (C=O) groups excluding carboxylic acids is 1. The van der Waals surface area contributed by atoms with E-state index in [1.165, 1.54) is 34.2 Å². The van der Waals surface area contributed by atoms with E-state index < -0.39 is 0 Å². The van der Waals surface area contributed by atoms with Crippen molar-refractivity contribution in [1.82, 2.24) is 14.5 Å². The molecule has 0 spiro atoms. The molecule has 0 radical (unpaired) electrons. The van der Waals surface area contributed by atoms with E-state index in [0.717, 1.165) is 41.7 Å². The number of aryl methyl sites for hydroxylation is 3. The third-order valence-corrected chi connectivity index (χ3v) is 8.38. The van der Waals surface area contributed by atoms with Crippen LogP contribution >= 0.6 is 23.1 Å². The summed E-state index contributed by atoms with van der Waals surface area (Å²) >= 11 is 2.99. The Labute approximate surface area is 206 Å². The van der Waals surface area contributed by atoms with Crippen molar-refractivity contribution in [2.75, 3.05) is 12.8 Å². The van der Waals surface area contributed by atoms with Gasteiger partial charge in [-0.3, -0.25) is 14.2 Å². The third-order valence-electron chi connectivity index (χ3n) is 6.23. The largest absolute Gasteiger partial charge is 0.467 e. The zero-order valence-electron chi connectivity index (χ0n) is 19.2. The summed E-state index contributed by atoms with van der Waals surface area (Å²) in [5.41, 5.74) is 2.40. The summed E-state index contributed by atoms with van der Waals surface area (Å²) in [4.78, 5) is 35.2. The van der Waals surface area contributed by atoms with Gasteiger partial charge in [-0.25, -0.2) is 4.98 Å². The standard InChI is InChI=1S/C26H27N3O3S2/c1-28(16-19-10-7-15-32-19)22(30)17-33-26-27-24-23(20-11-5-6-12-21(20)34-24)25(31)29(26)14-13-18-8-3-2-4-9-18/h2-4,7-10,15H,5-6,11-14,16-17H2,1H3. The van der Waals surface area contributed by atoms with Crippen molar-refractivity contribution >= 4 is 39.2 Å². The molecule has 3 heterocycles. The predicted molar refractivity (Wildman–Crippen MR) is 137 cm³/mol. The number of aromatic nitrogens is 2. The maximum Gasteiger partial charge on any atom is 0.263 e. The Bertz CT molecular complexity index is 1340. The van der Waals surface area contributed by atoms with Gasteiger partial charge < -0.3 is 9.32 Å². The fourth-order valence-corrected chi connectivity index (χ4v) is 6.64. The quantitative estimate of drug-likeness (QED) is 0.257. The Morgan fingerprint density at radius 1 is 1.18 bits per heavy atom. The first-order chi connectivity index (χ1) is 16.6. The minimum absolute atomic E-state index is 0.0271. The predicted octanol–water partition coefficient (Wildman–Crippen LogP) is 4.92. The molecule has 0 saturated heterocycles. The molecule has 5 rings (SSSR count). The van der Waals surface area contributed by atoms with Crippen LogP contribution in [0.1, 0.15) is 34.6 Å². The number of thioether (sulfide) groups is 1. The molecule has 3 aromatic heterocycles. The number of furan rings is 1. The lowest BCUT2D eigenvalue weighted by molar-refractivity contribution is -0.127. The zero-order valence-corrected chi connectivity index (χ0v) is 20.8. The second kappa shape index (κ2) is 10.2. The monoisotopic (exact) mass is 493 g/mol. The summed E-state index contributed by atoms with van der Waals surface area (Å²) in [5.74, 6) is 0.922. The number of rotatable bonds is 8. The first-order valence-electron chi connectivity index (χ1n) is 11.6. The van der Waals surface area contributed by atoms with E-state index in [1.807, 2.05) is 30.3 Å². The molecule has 0 N–H and O–H groups in total. The molecule has 1 aromatic carbocycles. The average Bonchev–Trinajstić information content (AvgIpc) is 3.50. The fourth-order valence-electron chi connectivity index (χ4n) is 4.37. The van der Waals surface area contributed by atoms with E-state index in [-0.39, 0.29) is 17.2 Å². The van der Waals surface area contributed by atoms with Gasteiger partial charge in [0.15, 0.2) is 5.16 Å². The Morgan fingerprint density at radius 2 is 2.00 bits per heavy atom. The van der Waals surface area contributed by atoms with Gasteiger partial charge in [-0.1, -0.05) is 42.1 Å². The molecule has 1 amide bonds. The van der Waals surface area contributed by atoms with Crippen molar-refractivity contribution in [3.63, 3.8) is 0 Å². The summed E-state index contributed by atoms with van der Waals surface area (Å²) in [6, 6.07) is 13.8. The smallest absolute Gasteiger partial charge is 0.263 e. The number of hydrogen-bond acceptors (Lipinski definition) is 6. The second-order valence-electron chi connectivity index (χ2n) is 8.60. The van der Waals surface area contributed by atoms with E-state index in [0.29, 0.717) is 18.2 Å². The van der Waals surface area contributed by atoms with Crippen molar-refractivity contribution in [1.29, 1.82) is 0 Å². The number of carbonyl (C=O) groups is 1. The van der Waals surface area contributed by atoms with E-state index in [1.54, 1.807) is 34.1 Å². The van der Waals surface area contributed by atoms with Crippen LogP contribution in [0.4, 0.5) is 0 Å². The first-order valence-corrected chi connectivity index (χ1v) is 13.4. The number of hydrogen-bond donors (Lipinski definition) is 0. The minimum Gasteiger partial charge on any atom is -0.467 e. The van der Waals surface area contributed by atoms with E-state index in [2.05, 4.69) is 12.1 Å². The molecule has 1 aliphatic rings. The first kappa shape index (κ1) is 22.9. The van der Waals surface area contributed by atoms with Crippen molar-refractivity contribution < 1.29 is 9.21 Å². The summed E-state index contributed by atoms with van der Waals surface area (Å²) in [6.45, 7) is 0.951. The maximum absolute atomic E-state index is 13.7. The number of amides is 1. The van der Waals surface area contributed by atoms with Crippen molar-refractivity contribution in [3.8, 4) is 0 Å². The summed E-state index contributed by atoms with van der Waals surface area (Å²) in [6.07, 6.45) is 6.61. The van der Waals surface area contributed by atoms with Gasteiger partial charge in [0.25, 0.3) is 5.56 Å². The molecule has 176 valence electrons. The molecule has 0 atom stereocenters. The highest BCUT2D eigenvalue weighted by atomic mass is 32.2.